The maximum atomic E-state index is 12.1. The molecule has 0 bridgehead atoms. The molecule has 1 aromatic carbocycles. The molecule has 0 radical (unpaired) electrons. The lowest BCUT2D eigenvalue weighted by atomic mass is 10.2. The van der Waals surface area contributed by atoms with E-state index >= 15 is 0 Å². The van der Waals surface area contributed by atoms with Crippen molar-refractivity contribution in [1.29, 1.82) is 0 Å². The average Bonchev–Trinajstić information content (AvgIpc) is 2.48. The fourth-order valence-corrected chi connectivity index (χ4v) is 2.85. The van der Waals surface area contributed by atoms with Gasteiger partial charge < -0.3 is 15.4 Å². The molecule has 0 aliphatic carbocycles. The molecular weight excluding hydrogens is 330 g/mol. The minimum Gasteiger partial charge on any atom is -0.366 e. The molecule has 1 saturated heterocycles. The van der Waals surface area contributed by atoms with Gasteiger partial charge in [0, 0.05) is 32.9 Å². The Hall–Kier alpha value is -1.19. The van der Waals surface area contributed by atoms with Crippen LogP contribution in [0.25, 0.3) is 0 Å². The molecule has 22 heavy (non-hydrogen) atoms. The third-order valence-electron chi connectivity index (χ3n) is 3.10. The van der Waals surface area contributed by atoms with Gasteiger partial charge >= 0.3 is 0 Å². The SMILES string of the molecule is CN(C)S(=O)(=O)c1cccc(NC(=O)C2CNCCO2)c1.Cl. The summed E-state index contributed by atoms with van der Waals surface area (Å²) in [4.78, 5) is 12.2. The molecule has 9 heteroatoms. The molecule has 1 fully saturated rings. The van der Waals surface area contributed by atoms with Crippen LogP contribution in [0.5, 0.6) is 0 Å². The Kier molecular flexibility index (Phi) is 6.76. The first-order valence-corrected chi connectivity index (χ1v) is 8.01. The van der Waals surface area contributed by atoms with E-state index in [-0.39, 0.29) is 23.2 Å². The fraction of sp³-hybridized carbons (Fsp3) is 0.462. The highest BCUT2D eigenvalue weighted by Gasteiger charge is 2.22. The number of hydrogen-bond donors (Lipinski definition) is 2. The lowest BCUT2D eigenvalue weighted by molar-refractivity contribution is -0.128. The summed E-state index contributed by atoms with van der Waals surface area (Å²) < 4.78 is 30.6. The Labute approximate surface area is 136 Å². The zero-order chi connectivity index (χ0) is 15.5. The van der Waals surface area contributed by atoms with E-state index in [4.69, 9.17) is 4.74 Å². The summed E-state index contributed by atoms with van der Waals surface area (Å²) in [5.74, 6) is -0.290. The van der Waals surface area contributed by atoms with Crippen LogP contribution < -0.4 is 10.6 Å². The smallest absolute Gasteiger partial charge is 0.254 e. The van der Waals surface area contributed by atoms with E-state index in [1.54, 1.807) is 12.1 Å². The van der Waals surface area contributed by atoms with Crippen molar-refractivity contribution in [2.75, 3.05) is 39.1 Å². The zero-order valence-corrected chi connectivity index (χ0v) is 14.0. The summed E-state index contributed by atoms with van der Waals surface area (Å²) in [5.41, 5.74) is 0.428. The van der Waals surface area contributed by atoms with Crippen molar-refractivity contribution >= 4 is 34.0 Å². The molecule has 124 valence electrons. The lowest BCUT2D eigenvalue weighted by Gasteiger charge is -2.22. The molecule has 1 aromatic rings. The number of morpholine rings is 1. The van der Waals surface area contributed by atoms with Crippen LogP contribution in [-0.2, 0) is 19.6 Å². The number of benzene rings is 1. The Bertz CT molecular complexity index is 615. The minimum absolute atomic E-state index is 0. The van der Waals surface area contributed by atoms with Crippen LogP contribution in [0.4, 0.5) is 5.69 Å². The first-order valence-electron chi connectivity index (χ1n) is 6.57. The summed E-state index contributed by atoms with van der Waals surface area (Å²) in [5, 5.41) is 5.74. The summed E-state index contributed by atoms with van der Waals surface area (Å²) in [6.07, 6.45) is -0.562. The molecule has 1 amide bonds. The van der Waals surface area contributed by atoms with Crippen molar-refractivity contribution in [1.82, 2.24) is 9.62 Å². The number of ether oxygens (including phenoxy) is 1. The van der Waals surface area contributed by atoms with Gasteiger partial charge in [-0.2, -0.15) is 0 Å². The van der Waals surface area contributed by atoms with Crippen molar-refractivity contribution in [3.63, 3.8) is 0 Å². The second kappa shape index (κ2) is 7.89. The van der Waals surface area contributed by atoms with Gasteiger partial charge in [0.2, 0.25) is 10.0 Å². The van der Waals surface area contributed by atoms with E-state index in [1.165, 1.54) is 26.2 Å². The summed E-state index contributed by atoms with van der Waals surface area (Å²) in [7, 11) is -0.601. The number of rotatable bonds is 4. The molecule has 0 aromatic heterocycles. The largest absolute Gasteiger partial charge is 0.366 e. The van der Waals surface area contributed by atoms with Crippen molar-refractivity contribution in [2.45, 2.75) is 11.0 Å². The van der Waals surface area contributed by atoms with E-state index in [9.17, 15) is 13.2 Å². The van der Waals surface area contributed by atoms with Crippen LogP contribution in [-0.4, -0.2) is 58.5 Å². The second-order valence-electron chi connectivity index (χ2n) is 4.87. The number of nitrogens with zero attached hydrogens (tertiary/aromatic N) is 1. The Morgan fingerprint density at radius 2 is 2.14 bits per heavy atom. The molecule has 2 rings (SSSR count). The highest BCUT2D eigenvalue weighted by molar-refractivity contribution is 7.89. The molecule has 1 unspecified atom stereocenters. The van der Waals surface area contributed by atoms with Gasteiger partial charge in [0.25, 0.3) is 5.91 Å². The van der Waals surface area contributed by atoms with Crippen LogP contribution >= 0.6 is 12.4 Å². The van der Waals surface area contributed by atoms with E-state index in [0.29, 0.717) is 18.8 Å². The number of carbonyl (C=O) groups excluding carboxylic acids is 1. The van der Waals surface area contributed by atoms with Crippen LogP contribution in [0.1, 0.15) is 0 Å². The monoisotopic (exact) mass is 349 g/mol. The zero-order valence-electron chi connectivity index (χ0n) is 12.4. The number of amides is 1. The van der Waals surface area contributed by atoms with Gasteiger partial charge in [0.1, 0.15) is 6.10 Å². The van der Waals surface area contributed by atoms with Gasteiger partial charge in [-0.3, -0.25) is 4.79 Å². The van der Waals surface area contributed by atoms with Crippen LogP contribution in [0.2, 0.25) is 0 Å². The molecular formula is C13H20ClN3O4S. The number of nitrogens with one attached hydrogen (secondary N) is 2. The predicted molar refractivity (Wildman–Crippen MR) is 85.8 cm³/mol. The molecule has 1 heterocycles. The van der Waals surface area contributed by atoms with E-state index < -0.39 is 16.1 Å². The van der Waals surface area contributed by atoms with Crippen LogP contribution in [0.3, 0.4) is 0 Å². The first kappa shape index (κ1) is 18.9. The minimum atomic E-state index is -3.52. The van der Waals surface area contributed by atoms with Crippen molar-refractivity contribution < 1.29 is 17.9 Å². The summed E-state index contributed by atoms with van der Waals surface area (Å²) in [6.45, 7) is 1.65. The molecule has 0 saturated carbocycles. The van der Waals surface area contributed by atoms with E-state index in [2.05, 4.69) is 10.6 Å². The Balaban J connectivity index is 0.00000242. The van der Waals surface area contributed by atoms with Crippen LogP contribution in [0, 0.1) is 0 Å². The van der Waals surface area contributed by atoms with E-state index in [0.717, 1.165) is 10.8 Å². The first-order chi connectivity index (χ1) is 9.91. The third-order valence-corrected chi connectivity index (χ3v) is 4.91. The fourth-order valence-electron chi connectivity index (χ4n) is 1.90. The number of sulfonamides is 1. The average molecular weight is 350 g/mol. The number of halogens is 1. The molecule has 1 atom stereocenters. The normalized spacial score (nSPS) is 18.6. The highest BCUT2D eigenvalue weighted by atomic mass is 35.5. The van der Waals surface area contributed by atoms with Gasteiger partial charge in [-0.15, -0.1) is 12.4 Å². The predicted octanol–water partition coefficient (Wildman–Crippen LogP) is 0.286. The molecule has 2 N–H and O–H groups in total. The third kappa shape index (κ3) is 4.40. The van der Waals surface area contributed by atoms with Crippen molar-refractivity contribution in [2.24, 2.45) is 0 Å². The van der Waals surface area contributed by atoms with Crippen molar-refractivity contribution in [3.05, 3.63) is 24.3 Å². The molecule has 7 nitrogen and oxygen atoms in total. The van der Waals surface area contributed by atoms with Gasteiger partial charge in [-0.05, 0) is 18.2 Å². The van der Waals surface area contributed by atoms with Gasteiger partial charge in [-0.25, -0.2) is 12.7 Å². The lowest BCUT2D eigenvalue weighted by Crippen LogP contribution is -2.45. The number of carbonyl (C=O) groups is 1. The second-order valence-corrected chi connectivity index (χ2v) is 7.02. The standard InChI is InChI=1S/C13H19N3O4S.ClH/c1-16(2)21(18,19)11-5-3-4-10(8-11)15-13(17)12-9-14-6-7-20-12;/h3-5,8,12,14H,6-7,9H2,1-2H3,(H,15,17);1H. The maximum absolute atomic E-state index is 12.1. The topological polar surface area (TPSA) is 87.7 Å². The van der Waals surface area contributed by atoms with E-state index in [1.807, 2.05) is 0 Å². The molecule has 1 aliphatic rings. The maximum Gasteiger partial charge on any atom is 0.254 e. The number of anilines is 1. The highest BCUT2D eigenvalue weighted by Crippen LogP contribution is 2.18. The van der Waals surface area contributed by atoms with Crippen molar-refractivity contribution in [3.8, 4) is 0 Å². The Morgan fingerprint density at radius 1 is 1.41 bits per heavy atom. The quantitative estimate of drug-likeness (QED) is 0.815. The summed E-state index contributed by atoms with van der Waals surface area (Å²) >= 11 is 0. The molecule has 1 aliphatic heterocycles. The van der Waals surface area contributed by atoms with Gasteiger partial charge in [-0.1, -0.05) is 6.07 Å². The van der Waals surface area contributed by atoms with Gasteiger partial charge in [0.15, 0.2) is 0 Å². The van der Waals surface area contributed by atoms with Gasteiger partial charge in [0.05, 0.1) is 11.5 Å². The number of hydrogen-bond acceptors (Lipinski definition) is 5. The van der Waals surface area contributed by atoms with Crippen LogP contribution in [0.15, 0.2) is 29.2 Å². The summed E-state index contributed by atoms with van der Waals surface area (Å²) in [6, 6.07) is 6.15. The molecule has 0 spiro atoms. The Morgan fingerprint density at radius 3 is 2.73 bits per heavy atom.